The number of aromatic hydroxyl groups is 2. The smallest absolute Gasteiger partial charge is 0.315 e. The van der Waals surface area contributed by atoms with Crippen molar-refractivity contribution in [3.63, 3.8) is 0 Å². The van der Waals surface area contributed by atoms with Crippen LogP contribution in [-0.2, 0) is 0 Å². The van der Waals surface area contributed by atoms with Crippen molar-refractivity contribution in [3.05, 3.63) is 27.8 Å². The molecule has 0 saturated carbocycles. The lowest BCUT2D eigenvalue weighted by Crippen LogP contribution is -2.26. The monoisotopic (exact) mass is 302 g/mol. The summed E-state index contributed by atoms with van der Waals surface area (Å²) in [6.45, 7) is 1.83. The first-order chi connectivity index (χ1) is 8.99. The van der Waals surface area contributed by atoms with Gasteiger partial charge in [0.2, 0.25) is 5.75 Å². The van der Waals surface area contributed by atoms with Crippen LogP contribution in [0.4, 0.5) is 5.69 Å². The number of halogens is 1. The second kappa shape index (κ2) is 6.53. The van der Waals surface area contributed by atoms with Crippen LogP contribution in [0.5, 0.6) is 11.5 Å². The molecule has 2 rings (SSSR count). The Morgan fingerprint density at radius 3 is 2.45 bits per heavy atom. The third-order valence-electron chi connectivity index (χ3n) is 3.15. The molecule has 1 heterocycles. The molecule has 0 aliphatic carbocycles. The second-order valence-corrected chi connectivity index (χ2v) is 4.53. The van der Waals surface area contributed by atoms with Gasteiger partial charge in [-0.3, -0.25) is 19.8 Å². The van der Waals surface area contributed by atoms with Gasteiger partial charge in [-0.25, -0.2) is 0 Å². The van der Waals surface area contributed by atoms with Crippen LogP contribution in [0.25, 0.3) is 0 Å². The lowest BCUT2D eigenvalue weighted by atomic mass is 10.1. The van der Waals surface area contributed by atoms with Gasteiger partial charge in [-0.2, -0.15) is 0 Å². The van der Waals surface area contributed by atoms with E-state index in [2.05, 4.69) is 0 Å². The largest absolute Gasteiger partial charge is 0.504 e. The van der Waals surface area contributed by atoms with Crippen molar-refractivity contribution in [1.29, 1.82) is 0 Å². The van der Waals surface area contributed by atoms with Gasteiger partial charge in [-0.15, -0.1) is 12.4 Å². The predicted octanol–water partition coefficient (Wildman–Crippen LogP) is 1.71. The van der Waals surface area contributed by atoms with Crippen molar-refractivity contribution in [3.8, 4) is 11.5 Å². The molecular formula is C12H15ClN2O5. The SMILES string of the molecule is Cl.O=C(CN1CCCC1)c1cc(O)c(O)c([N+](=O)[O-])c1. The maximum Gasteiger partial charge on any atom is 0.315 e. The number of Topliss-reactive ketones (excluding diaryl/α,β-unsaturated/α-hetero) is 1. The minimum atomic E-state index is -0.832. The molecule has 1 fully saturated rings. The van der Waals surface area contributed by atoms with E-state index >= 15 is 0 Å². The zero-order valence-corrected chi connectivity index (χ0v) is 11.4. The van der Waals surface area contributed by atoms with Crippen molar-refractivity contribution in [2.45, 2.75) is 12.8 Å². The molecule has 1 aliphatic heterocycles. The topological polar surface area (TPSA) is 104 Å². The fourth-order valence-corrected chi connectivity index (χ4v) is 2.14. The number of hydrogen-bond donors (Lipinski definition) is 2. The van der Waals surface area contributed by atoms with Crippen molar-refractivity contribution in [1.82, 2.24) is 4.90 Å². The van der Waals surface area contributed by atoms with Gasteiger partial charge in [0.25, 0.3) is 0 Å². The number of hydrogen-bond acceptors (Lipinski definition) is 6. The van der Waals surface area contributed by atoms with E-state index in [0.717, 1.165) is 38.1 Å². The Balaban J connectivity index is 0.00000200. The average Bonchev–Trinajstić information content (AvgIpc) is 2.84. The summed E-state index contributed by atoms with van der Waals surface area (Å²) in [6, 6.07) is 2.05. The van der Waals surface area contributed by atoms with Crippen LogP contribution in [0.3, 0.4) is 0 Å². The van der Waals surface area contributed by atoms with Gasteiger partial charge < -0.3 is 10.2 Å². The van der Waals surface area contributed by atoms with Gasteiger partial charge in [0.1, 0.15) is 0 Å². The highest BCUT2D eigenvalue weighted by molar-refractivity contribution is 5.99. The molecule has 0 unspecified atom stereocenters. The number of ketones is 1. The number of phenolic OH excluding ortho intramolecular Hbond substituents is 2. The third kappa shape index (κ3) is 3.37. The molecule has 1 saturated heterocycles. The predicted molar refractivity (Wildman–Crippen MR) is 73.7 cm³/mol. The van der Waals surface area contributed by atoms with Crippen LogP contribution < -0.4 is 0 Å². The van der Waals surface area contributed by atoms with E-state index in [1.165, 1.54) is 0 Å². The molecule has 1 aromatic rings. The summed E-state index contributed by atoms with van der Waals surface area (Å²) in [6.07, 6.45) is 2.07. The number of phenols is 2. The molecule has 0 amide bonds. The van der Waals surface area contributed by atoms with Crippen molar-refractivity contribution in [2.24, 2.45) is 0 Å². The minimum Gasteiger partial charge on any atom is -0.504 e. The Morgan fingerprint density at radius 2 is 1.90 bits per heavy atom. The molecule has 0 atom stereocenters. The number of carbonyl (C=O) groups excluding carboxylic acids is 1. The van der Waals surface area contributed by atoms with Gasteiger partial charge >= 0.3 is 5.69 Å². The Kier molecular flexibility index (Phi) is 5.29. The molecule has 7 nitrogen and oxygen atoms in total. The van der Waals surface area contributed by atoms with Crippen LogP contribution >= 0.6 is 12.4 Å². The normalized spacial score (nSPS) is 14.8. The Hall–Kier alpha value is -1.86. The van der Waals surface area contributed by atoms with Crippen molar-refractivity contribution >= 4 is 23.9 Å². The van der Waals surface area contributed by atoms with Crippen LogP contribution in [0.1, 0.15) is 23.2 Å². The number of carbonyl (C=O) groups is 1. The van der Waals surface area contributed by atoms with Crippen molar-refractivity contribution in [2.75, 3.05) is 19.6 Å². The fraction of sp³-hybridized carbons (Fsp3) is 0.417. The minimum absolute atomic E-state index is 0. The highest BCUT2D eigenvalue weighted by atomic mass is 35.5. The highest BCUT2D eigenvalue weighted by Gasteiger charge is 2.23. The molecule has 8 heteroatoms. The number of nitrogens with zero attached hydrogens (tertiary/aromatic N) is 2. The van der Waals surface area contributed by atoms with E-state index in [-0.39, 0.29) is 30.3 Å². The molecular weight excluding hydrogens is 288 g/mol. The number of benzene rings is 1. The first-order valence-corrected chi connectivity index (χ1v) is 5.95. The maximum absolute atomic E-state index is 12.0. The Bertz CT molecular complexity index is 529. The summed E-state index contributed by atoms with van der Waals surface area (Å²) in [5, 5.41) is 29.5. The molecule has 0 aromatic heterocycles. The summed E-state index contributed by atoms with van der Waals surface area (Å²) in [5.74, 6) is -1.78. The van der Waals surface area contributed by atoms with Crippen LogP contribution in [0.15, 0.2) is 12.1 Å². The summed E-state index contributed by atoms with van der Waals surface area (Å²) in [5.41, 5.74) is -0.626. The summed E-state index contributed by atoms with van der Waals surface area (Å²) >= 11 is 0. The number of likely N-dealkylation sites (tertiary alicyclic amines) is 1. The summed E-state index contributed by atoms with van der Waals surface area (Å²) < 4.78 is 0. The third-order valence-corrected chi connectivity index (χ3v) is 3.15. The van der Waals surface area contributed by atoms with Gasteiger partial charge in [0.05, 0.1) is 11.5 Å². The standard InChI is InChI=1S/C12H14N2O5.ClH/c15-10-6-8(5-9(12(10)17)14(18)19)11(16)7-13-3-1-2-4-13;/h5-6,15,17H,1-4,7H2;1H. The van der Waals surface area contributed by atoms with E-state index in [1.54, 1.807) is 0 Å². The summed E-state index contributed by atoms with van der Waals surface area (Å²) in [7, 11) is 0. The first-order valence-electron chi connectivity index (χ1n) is 5.95. The van der Waals surface area contributed by atoms with Gasteiger partial charge in [-0.05, 0) is 32.0 Å². The Labute approximate surface area is 121 Å². The molecule has 0 spiro atoms. The van der Waals surface area contributed by atoms with Gasteiger partial charge in [-0.1, -0.05) is 0 Å². The molecule has 1 aromatic carbocycles. The van der Waals surface area contributed by atoms with Crippen molar-refractivity contribution < 1.29 is 19.9 Å². The second-order valence-electron chi connectivity index (χ2n) is 4.53. The molecule has 0 bridgehead atoms. The van der Waals surface area contributed by atoms with E-state index < -0.39 is 22.1 Å². The molecule has 1 aliphatic rings. The average molecular weight is 303 g/mol. The lowest BCUT2D eigenvalue weighted by molar-refractivity contribution is -0.386. The number of rotatable bonds is 4. The van der Waals surface area contributed by atoms with E-state index in [4.69, 9.17) is 0 Å². The highest BCUT2D eigenvalue weighted by Crippen LogP contribution is 2.36. The maximum atomic E-state index is 12.0. The van der Waals surface area contributed by atoms with E-state index in [0.29, 0.717) is 0 Å². The van der Waals surface area contributed by atoms with Crippen LogP contribution in [0.2, 0.25) is 0 Å². The lowest BCUT2D eigenvalue weighted by Gasteiger charge is -2.13. The zero-order valence-electron chi connectivity index (χ0n) is 10.6. The van der Waals surface area contributed by atoms with E-state index in [9.17, 15) is 25.1 Å². The number of nitro benzene ring substituents is 1. The number of nitro groups is 1. The molecule has 20 heavy (non-hydrogen) atoms. The first kappa shape index (κ1) is 16.2. The van der Waals surface area contributed by atoms with Crippen LogP contribution in [0, 0.1) is 10.1 Å². The van der Waals surface area contributed by atoms with Gasteiger partial charge in [0.15, 0.2) is 11.5 Å². The Morgan fingerprint density at radius 1 is 1.30 bits per heavy atom. The quantitative estimate of drug-likeness (QED) is 0.380. The van der Waals surface area contributed by atoms with Gasteiger partial charge in [0, 0.05) is 11.6 Å². The zero-order chi connectivity index (χ0) is 14.0. The fourth-order valence-electron chi connectivity index (χ4n) is 2.14. The molecule has 2 N–H and O–H groups in total. The summed E-state index contributed by atoms with van der Waals surface area (Å²) in [4.78, 5) is 23.8. The van der Waals surface area contributed by atoms with E-state index in [1.807, 2.05) is 4.90 Å². The van der Waals surface area contributed by atoms with Crippen LogP contribution in [-0.4, -0.2) is 45.5 Å². The molecule has 110 valence electrons. The molecule has 0 radical (unpaired) electrons.